The van der Waals surface area contributed by atoms with Crippen LogP contribution in [0.1, 0.15) is 0 Å². The first-order valence-corrected chi connectivity index (χ1v) is 20.0. The molecule has 0 radical (unpaired) electrons. The Balaban J connectivity index is 1.22. The van der Waals surface area contributed by atoms with Gasteiger partial charge in [0.15, 0.2) is 0 Å². The molecule has 0 aliphatic carbocycles. The van der Waals surface area contributed by atoms with E-state index in [9.17, 15) is 0 Å². The molecule has 0 bridgehead atoms. The van der Waals surface area contributed by atoms with Crippen LogP contribution in [-0.2, 0) is 0 Å². The van der Waals surface area contributed by atoms with Gasteiger partial charge in [-0.2, -0.15) is 0 Å². The molecule has 4 aromatic heterocycles. The number of anilines is 6. The lowest BCUT2D eigenvalue weighted by Gasteiger charge is -2.25. The fraction of sp³-hybridized carbons (Fsp3) is 0. The number of hydrogen-bond donors (Lipinski definition) is 0. The molecule has 9 aromatic carbocycles. The Labute approximate surface area is 333 Å². The van der Waals surface area contributed by atoms with Crippen LogP contribution >= 0.6 is 0 Å². The number of aromatic nitrogens is 2. The van der Waals surface area contributed by atoms with E-state index in [0.29, 0.717) is 0 Å². The van der Waals surface area contributed by atoms with Gasteiger partial charge in [0.05, 0.1) is 33.1 Å². The summed E-state index contributed by atoms with van der Waals surface area (Å²) in [5, 5.41) is 10.3. The molecule has 4 nitrogen and oxygen atoms in total. The lowest BCUT2D eigenvalue weighted by molar-refractivity contribution is 1.28. The van der Waals surface area contributed by atoms with Gasteiger partial charge in [0.2, 0.25) is 0 Å². The van der Waals surface area contributed by atoms with Gasteiger partial charge < -0.3 is 18.6 Å². The highest BCUT2D eigenvalue weighted by atomic mass is 15.1. The van der Waals surface area contributed by atoms with Crippen LogP contribution in [0.2, 0.25) is 0 Å². The smallest absolute Gasteiger partial charge is 0.0634 e. The summed E-state index contributed by atoms with van der Waals surface area (Å²) in [4.78, 5) is 4.75. The third-order valence-corrected chi connectivity index (χ3v) is 12.3. The molecular formula is C54H34N4. The lowest BCUT2D eigenvalue weighted by atomic mass is 9.97. The van der Waals surface area contributed by atoms with E-state index in [2.05, 4.69) is 225 Å². The quantitative estimate of drug-likeness (QED) is 0.169. The maximum absolute atomic E-state index is 2.54. The fourth-order valence-corrected chi connectivity index (χ4v) is 10.0. The minimum Gasteiger partial charge on any atom is -0.310 e. The highest BCUT2D eigenvalue weighted by molar-refractivity contribution is 6.45. The predicted octanol–water partition coefficient (Wildman–Crippen LogP) is 14.9. The van der Waals surface area contributed by atoms with Gasteiger partial charge >= 0.3 is 0 Å². The summed E-state index contributed by atoms with van der Waals surface area (Å²) in [6.07, 6.45) is 0. The molecule has 0 saturated heterocycles. The van der Waals surface area contributed by atoms with Gasteiger partial charge in [-0.05, 0) is 97.1 Å². The van der Waals surface area contributed by atoms with Gasteiger partial charge in [0.25, 0.3) is 0 Å². The normalized spacial score (nSPS) is 12.1. The van der Waals surface area contributed by atoms with Crippen LogP contribution in [0.4, 0.5) is 34.1 Å². The Bertz CT molecular complexity index is 3340. The van der Waals surface area contributed by atoms with Crippen LogP contribution < -0.4 is 9.80 Å². The molecule has 270 valence electrons. The molecule has 58 heavy (non-hydrogen) atoms. The summed E-state index contributed by atoms with van der Waals surface area (Å²) in [6.45, 7) is 0. The average Bonchev–Trinajstić information content (AvgIpc) is 4.01. The number of fused-ring (bicyclic) bond motifs is 14. The first-order valence-electron chi connectivity index (χ1n) is 20.0. The largest absolute Gasteiger partial charge is 0.310 e. The van der Waals surface area contributed by atoms with E-state index in [1.807, 2.05) is 0 Å². The molecule has 0 unspecified atom stereocenters. The minimum atomic E-state index is 1.12. The van der Waals surface area contributed by atoms with E-state index < -0.39 is 0 Å². The van der Waals surface area contributed by atoms with E-state index in [-0.39, 0.29) is 0 Å². The first kappa shape index (κ1) is 31.4. The number of para-hydroxylation sites is 6. The van der Waals surface area contributed by atoms with Crippen LogP contribution in [0.3, 0.4) is 0 Å². The molecule has 4 heterocycles. The Hall–Kier alpha value is -7.82. The Morgan fingerprint density at radius 2 is 0.534 bits per heavy atom. The van der Waals surface area contributed by atoms with Crippen LogP contribution in [-0.4, -0.2) is 8.80 Å². The third kappa shape index (κ3) is 4.18. The van der Waals surface area contributed by atoms with E-state index >= 15 is 0 Å². The van der Waals surface area contributed by atoms with Gasteiger partial charge in [-0.1, -0.05) is 109 Å². The number of hydrogen-bond acceptors (Lipinski definition) is 2. The topological polar surface area (TPSA) is 15.3 Å². The Kier molecular flexibility index (Phi) is 6.41. The summed E-state index contributed by atoms with van der Waals surface area (Å²) in [7, 11) is 0. The maximum Gasteiger partial charge on any atom is 0.0634 e. The predicted molar refractivity (Wildman–Crippen MR) is 245 cm³/mol. The van der Waals surface area contributed by atoms with Crippen molar-refractivity contribution in [2.75, 3.05) is 9.80 Å². The SMILES string of the molecule is c1ccc(N(c2ccccc2)c2ccc3c(c2)c2c4c5cc(N(c6ccccc6)c6ccccc6)ccc5n5c6ccccc6c(c6c7ccccc7n3c62)c45)cc1. The molecule has 0 spiro atoms. The molecule has 0 fully saturated rings. The Morgan fingerprint density at radius 3 is 0.897 bits per heavy atom. The summed E-state index contributed by atoms with van der Waals surface area (Å²) >= 11 is 0. The number of nitrogens with zero attached hydrogens (tertiary/aromatic N) is 4. The molecule has 13 rings (SSSR count). The van der Waals surface area contributed by atoms with Crippen molar-refractivity contribution >= 4 is 110 Å². The van der Waals surface area contributed by atoms with Crippen LogP contribution in [0.5, 0.6) is 0 Å². The van der Waals surface area contributed by atoms with Crippen molar-refractivity contribution in [3.05, 3.63) is 206 Å². The Morgan fingerprint density at radius 1 is 0.241 bits per heavy atom. The van der Waals surface area contributed by atoms with Crippen molar-refractivity contribution in [1.82, 2.24) is 8.80 Å². The third-order valence-electron chi connectivity index (χ3n) is 12.3. The zero-order valence-corrected chi connectivity index (χ0v) is 31.4. The highest BCUT2D eigenvalue weighted by Crippen LogP contribution is 2.53. The van der Waals surface area contributed by atoms with Gasteiger partial charge in [0.1, 0.15) is 0 Å². The fourth-order valence-electron chi connectivity index (χ4n) is 10.0. The minimum absolute atomic E-state index is 1.12. The zero-order valence-electron chi connectivity index (χ0n) is 31.4. The van der Waals surface area contributed by atoms with Crippen molar-refractivity contribution in [2.45, 2.75) is 0 Å². The van der Waals surface area contributed by atoms with E-state index in [0.717, 1.165) is 34.1 Å². The second kappa shape index (κ2) is 11.8. The molecule has 0 aliphatic rings. The molecule has 4 heteroatoms. The van der Waals surface area contributed by atoms with Crippen molar-refractivity contribution in [2.24, 2.45) is 0 Å². The van der Waals surface area contributed by atoms with Crippen molar-refractivity contribution in [1.29, 1.82) is 0 Å². The second-order valence-corrected chi connectivity index (χ2v) is 15.3. The highest BCUT2D eigenvalue weighted by Gasteiger charge is 2.29. The average molecular weight is 739 g/mol. The molecular weight excluding hydrogens is 705 g/mol. The van der Waals surface area contributed by atoms with Crippen molar-refractivity contribution in [3.8, 4) is 0 Å². The van der Waals surface area contributed by atoms with E-state index in [4.69, 9.17) is 0 Å². The second-order valence-electron chi connectivity index (χ2n) is 15.3. The summed E-state index contributed by atoms with van der Waals surface area (Å²) in [5.74, 6) is 0. The molecule has 0 atom stereocenters. The summed E-state index contributed by atoms with van der Waals surface area (Å²) in [5.41, 5.74) is 14.2. The van der Waals surface area contributed by atoms with Crippen LogP contribution in [0, 0.1) is 0 Å². The standard InChI is InChI=1S/C54H34N4/c1-5-17-35(18-6-1)55(36-19-7-2-8-20-36)39-29-31-47-43(33-39)51-52-44-34-40(56(37-21-9-3-10-22-37)38-23-11-4-12-24-38)30-32-48(44)58-46-28-16-14-26-42(46)50(54(52)58)49-41-25-13-15-27-45(41)57(47)53(49)51/h1-34H. The van der Waals surface area contributed by atoms with E-state index in [1.165, 1.54) is 76.2 Å². The van der Waals surface area contributed by atoms with Crippen molar-refractivity contribution in [3.63, 3.8) is 0 Å². The van der Waals surface area contributed by atoms with Gasteiger partial charge in [-0.25, -0.2) is 0 Å². The van der Waals surface area contributed by atoms with Crippen molar-refractivity contribution < 1.29 is 0 Å². The summed E-state index contributed by atoms with van der Waals surface area (Å²) < 4.78 is 5.08. The molecule has 0 N–H and O–H groups in total. The lowest BCUT2D eigenvalue weighted by Crippen LogP contribution is -2.09. The van der Waals surface area contributed by atoms with Gasteiger partial charge in [-0.15, -0.1) is 0 Å². The first-order chi connectivity index (χ1) is 28.8. The van der Waals surface area contributed by atoms with Crippen LogP contribution in [0.25, 0.3) is 76.2 Å². The zero-order chi connectivity index (χ0) is 37.9. The van der Waals surface area contributed by atoms with Crippen LogP contribution in [0.15, 0.2) is 206 Å². The molecule has 0 saturated carbocycles. The van der Waals surface area contributed by atoms with Gasteiger partial charge in [-0.3, -0.25) is 0 Å². The molecule has 0 aliphatic heterocycles. The number of rotatable bonds is 6. The molecule has 0 amide bonds. The maximum atomic E-state index is 2.54. The van der Waals surface area contributed by atoms with E-state index in [1.54, 1.807) is 0 Å². The molecule has 13 aromatic rings. The monoisotopic (exact) mass is 738 g/mol. The van der Waals surface area contributed by atoms with Gasteiger partial charge in [0, 0.05) is 77.2 Å². The number of benzene rings is 9. The summed E-state index contributed by atoms with van der Waals surface area (Å²) in [6, 6.07) is 75.0.